The Balaban J connectivity index is 1.61. The average Bonchev–Trinajstić information content (AvgIpc) is 2.89. The van der Waals surface area contributed by atoms with E-state index in [0.29, 0.717) is 35.2 Å². The molecule has 0 spiro atoms. The molecule has 0 bridgehead atoms. The van der Waals surface area contributed by atoms with Crippen LogP contribution in [-0.4, -0.2) is 46.3 Å². The van der Waals surface area contributed by atoms with E-state index in [9.17, 15) is 14.0 Å². The molecule has 1 aromatic carbocycles. The van der Waals surface area contributed by atoms with Crippen molar-refractivity contribution in [2.24, 2.45) is 0 Å². The molecule has 0 aliphatic carbocycles. The first kappa shape index (κ1) is 21.0. The Morgan fingerprint density at radius 2 is 1.83 bits per heavy atom. The van der Waals surface area contributed by atoms with E-state index in [1.165, 1.54) is 29.0 Å². The highest BCUT2D eigenvalue weighted by atomic mass is 35.5. The van der Waals surface area contributed by atoms with Gasteiger partial charge in [0.25, 0.3) is 5.91 Å². The fourth-order valence-electron chi connectivity index (χ4n) is 3.20. The van der Waals surface area contributed by atoms with Crippen LogP contribution >= 0.6 is 11.6 Å². The molecule has 2 heterocycles. The van der Waals surface area contributed by atoms with E-state index in [4.69, 9.17) is 16.3 Å². The lowest BCUT2D eigenvalue weighted by atomic mass is 10.2. The predicted molar refractivity (Wildman–Crippen MR) is 108 cm³/mol. The maximum absolute atomic E-state index is 13.1. The summed E-state index contributed by atoms with van der Waals surface area (Å²) in [6.07, 6.45) is 6.94. The molecular weight excluding hydrogens is 397 g/mol. The van der Waals surface area contributed by atoms with E-state index in [1.807, 2.05) is 0 Å². The Morgan fingerprint density at radius 3 is 2.48 bits per heavy atom. The third-order valence-corrected chi connectivity index (χ3v) is 5.17. The third kappa shape index (κ3) is 5.44. The van der Waals surface area contributed by atoms with Crippen LogP contribution in [0.4, 0.5) is 4.39 Å². The first-order valence-corrected chi connectivity index (χ1v) is 9.97. The van der Waals surface area contributed by atoms with Gasteiger partial charge in [0.2, 0.25) is 0 Å². The van der Waals surface area contributed by atoms with Gasteiger partial charge in [-0.2, -0.15) is 5.10 Å². The minimum Gasteiger partial charge on any atom is -0.452 e. The van der Waals surface area contributed by atoms with Crippen LogP contribution in [0.2, 0.25) is 5.15 Å². The number of aryl methyl sites for hydroxylation is 1. The van der Waals surface area contributed by atoms with Crippen LogP contribution in [0.3, 0.4) is 0 Å². The van der Waals surface area contributed by atoms with E-state index < -0.39 is 5.97 Å². The second-order valence-corrected chi connectivity index (χ2v) is 7.27. The predicted octanol–water partition coefficient (Wildman–Crippen LogP) is 3.93. The van der Waals surface area contributed by atoms with Gasteiger partial charge in [0.1, 0.15) is 11.0 Å². The van der Waals surface area contributed by atoms with E-state index in [-0.39, 0.29) is 18.3 Å². The van der Waals surface area contributed by atoms with Crippen molar-refractivity contribution in [3.05, 3.63) is 52.6 Å². The zero-order valence-electron chi connectivity index (χ0n) is 16.2. The zero-order valence-corrected chi connectivity index (χ0v) is 17.0. The summed E-state index contributed by atoms with van der Waals surface area (Å²) < 4.78 is 19.7. The highest BCUT2D eigenvalue weighted by Gasteiger charge is 2.17. The zero-order chi connectivity index (χ0) is 20.8. The standard InChI is InChI=1S/C21H23ClFN3O3/c1-15-18(21(22)26(24-15)17-8-6-16(23)7-9-17)10-11-20(28)29-14-19(27)25-12-4-2-3-5-13-25/h6-11H,2-5,12-14H2,1H3/b11-10+. The number of esters is 1. The summed E-state index contributed by atoms with van der Waals surface area (Å²) in [5.74, 6) is -1.16. The third-order valence-electron chi connectivity index (χ3n) is 4.80. The minimum absolute atomic E-state index is 0.174. The second-order valence-electron chi connectivity index (χ2n) is 6.91. The Morgan fingerprint density at radius 1 is 1.17 bits per heavy atom. The molecule has 29 heavy (non-hydrogen) atoms. The number of aromatic nitrogens is 2. The molecule has 1 aliphatic heterocycles. The first-order chi connectivity index (χ1) is 14.0. The largest absolute Gasteiger partial charge is 0.452 e. The molecule has 2 aromatic rings. The number of rotatable bonds is 5. The number of carbonyl (C=O) groups excluding carboxylic acids is 2. The van der Waals surface area contributed by atoms with Crippen LogP contribution in [0.1, 0.15) is 36.9 Å². The smallest absolute Gasteiger partial charge is 0.331 e. The number of likely N-dealkylation sites (tertiary alicyclic amines) is 1. The molecule has 1 fully saturated rings. The lowest BCUT2D eigenvalue weighted by molar-refractivity contribution is -0.148. The SMILES string of the molecule is Cc1nn(-c2ccc(F)cc2)c(Cl)c1/C=C/C(=O)OCC(=O)N1CCCCCC1. The van der Waals surface area contributed by atoms with Gasteiger partial charge >= 0.3 is 5.97 Å². The summed E-state index contributed by atoms with van der Waals surface area (Å²) in [6.45, 7) is 2.90. The van der Waals surface area contributed by atoms with Gasteiger partial charge in [-0.05, 0) is 50.1 Å². The molecule has 0 radical (unpaired) electrons. The molecule has 0 unspecified atom stereocenters. The highest BCUT2D eigenvalue weighted by Crippen LogP contribution is 2.25. The van der Waals surface area contributed by atoms with Gasteiger partial charge in [-0.3, -0.25) is 4.79 Å². The minimum atomic E-state index is -0.627. The monoisotopic (exact) mass is 419 g/mol. The topological polar surface area (TPSA) is 64.4 Å². The van der Waals surface area contributed by atoms with E-state index in [2.05, 4.69) is 5.10 Å². The maximum Gasteiger partial charge on any atom is 0.331 e. The quantitative estimate of drug-likeness (QED) is 0.544. The average molecular weight is 420 g/mol. The fourth-order valence-corrected chi connectivity index (χ4v) is 3.53. The fraction of sp³-hybridized carbons (Fsp3) is 0.381. The maximum atomic E-state index is 13.1. The first-order valence-electron chi connectivity index (χ1n) is 9.59. The lowest BCUT2D eigenvalue weighted by Gasteiger charge is -2.19. The molecule has 0 atom stereocenters. The van der Waals surface area contributed by atoms with Crippen molar-refractivity contribution in [3.8, 4) is 5.69 Å². The van der Waals surface area contributed by atoms with Crippen molar-refractivity contribution in [2.45, 2.75) is 32.6 Å². The molecule has 1 saturated heterocycles. The van der Waals surface area contributed by atoms with Crippen molar-refractivity contribution in [1.29, 1.82) is 0 Å². The molecule has 1 aromatic heterocycles. The lowest BCUT2D eigenvalue weighted by Crippen LogP contribution is -2.35. The van der Waals surface area contributed by atoms with Gasteiger partial charge in [0.05, 0.1) is 11.4 Å². The number of hydrogen-bond acceptors (Lipinski definition) is 4. The van der Waals surface area contributed by atoms with Gasteiger partial charge in [0.15, 0.2) is 6.61 Å². The number of nitrogens with zero attached hydrogens (tertiary/aromatic N) is 3. The van der Waals surface area contributed by atoms with Crippen molar-refractivity contribution >= 4 is 29.6 Å². The molecule has 1 aliphatic rings. The summed E-state index contributed by atoms with van der Waals surface area (Å²) >= 11 is 6.37. The normalized spacial score (nSPS) is 14.8. The number of halogens is 2. The molecule has 8 heteroatoms. The van der Waals surface area contributed by atoms with Crippen LogP contribution in [0.5, 0.6) is 0 Å². The van der Waals surface area contributed by atoms with Gasteiger partial charge in [0, 0.05) is 24.7 Å². The Kier molecular flexibility index (Phi) is 7.04. The summed E-state index contributed by atoms with van der Waals surface area (Å²) in [5.41, 5.74) is 1.75. The van der Waals surface area contributed by atoms with Gasteiger partial charge in [-0.25, -0.2) is 13.9 Å². The molecule has 0 saturated carbocycles. The van der Waals surface area contributed by atoms with Crippen molar-refractivity contribution in [3.63, 3.8) is 0 Å². The highest BCUT2D eigenvalue weighted by molar-refractivity contribution is 6.31. The van der Waals surface area contributed by atoms with Crippen molar-refractivity contribution < 1.29 is 18.7 Å². The van der Waals surface area contributed by atoms with E-state index >= 15 is 0 Å². The number of ether oxygens (including phenoxy) is 1. The van der Waals surface area contributed by atoms with Crippen LogP contribution in [0.25, 0.3) is 11.8 Å². The van der Waals surface area contributed by atoms with Crippen molar-refractivity contribution in [2.75, 3.05) is 19.7 Å². The second kappa shape index (κ2) is 9.69. The van der Waals surface area contributed by atoms with Crippen LogP contribution in [0, 0.1) is 12.7 Å². The van der Waals surface area contributed by atoms with Crippen molar-refractivity contribution in [1.82, 2.24) is 14.7 Å². The molecule has 3 rings (SSSR count). The molecule has 6 nitrogen and oxygen atoms in total. The Bertz CT molecular complexity index is 901. The number of amides is 1. The van der Waals surface area contributed by atoms with Gasteiger partial charge in [-0.15, -0.1) is 0 Å². The number of hydrogen-bond donors (Lipinski definition) is 0. The molecule has 154 valence electrons. The number of benzene rings is 1. The number of carbonyl (C=O) groups is 2. The van der Waals surface area contributed by atoms with E-state index in [0.717, 1.165) is 25.7 Å². The van der Waals surface area contributed by atoms with Gasteiger partial charge in [-0.1, -0.05) is 24.4 Å². The van der Waals surface area contributed by atoms with Crippen LogP contribution in [0.15, 0.2) is 30.3 Å². The van der Waals surface area contributed by atoms with Crippen LogP contribution < -0.4 is 0 Å². The summed E-state index contributed by atoms with van der Waals surface area (Å²) in [7, 11) is 0. The van der Waals surface area contributed by atoms with E-state index in [1.54, 1.807) is 24.0 Å². The molecular formula is C21H23ClFN3O3. The Hall–Kier alpha value is -2.67. The van der Waals surface area contributed by atoms with Crippen LogP contribution in [-0.2, 0) is 14.3 Å². The summed E-state index contributed by atoms with van der Waals surface area (Å²) in [6, 6.07) is 5.75. The van der Waals surface area contributed by atoms with Gasteiger partial charge < -0.3 is 9.64 Å². The molecule has 0 N–H and O–H groups in total. The molecule has 1 amide bonds. The summed E-state index contributed by atoms with van der Waals surface area (Å²) in [4.78, 5) is 25.9. The Labute approximate surface area is 173 Å². The summed E-state index contributed by atoms with van der Waals surface area (Å²) in [5, 5.41) is 4.62.